The molecule has 0 aliphatic heterocycles. The molecule has 1 rings (SSSR count). The molecule has 1 aromatic heterocycles. The fourth-order valence-electron chi connectivity index (χ4n) is 0.961. The first-order valence-electron chi connectivity index (χ1n) is 4.47. The molecule has 0 saturated heterocycles. The summed E-state index contributed by atoms with van der Waals surface area (Å²) in [5.74, 6) is -0.0500. The Bertz CT molecular complexity index is 274. The van der Waals surface area contributed by atoms with Crippen molar-refractivity contribution >= 4 is 17.2 Å². The van der Waals surface area contributed by atoms with Crippen LogP contribution in [0.3, 0.4) is 0 Å². The predicted octanol–water partition coefficient (Wildman–Crippen LogP) is 1.25. The standard InChI is InChI=1S/C9H14N2O2S/c1-3-13-5-4-11(2)9(12)8-6-14-7-10-8/h6-7H,3-5H2,1-2H3. The number of amides is 1. The van der Waals surface area contributed by atoms with Crippen molar-refractivity contribution in [1.82, 2.24) is 9.88 Å². The third-order valence-electron chi connectivity index (χ3n) is 1.77. The Morgan fingerprint density at radius 2 is 2.50 bits per heavy atom. The molecule has 0 N–H and O–H groups in total. The molecule has 5 heteroatoms. The number of carbonyl (C=O) groups is 1. The molecule has 0 unspecified atom stereocenters. The Balaban J connectivity index is 2.37. The van der Waals surface area contributed by atoms with E-state index in [4.69, 9.17) is 4.74 Å². The molecule has 1 heterocycles. The molecule has 4 nitrogen and oxygen atoms in total. The lowest BCUT2D eigenvalue weighted by molar-refractivity contribution is 0.0705. The molecule has 0 aromatic carbocycles. The van der Waals surface area contributed by atoms with Crippen LogP contribution in [-0.2, 0) is 4.74 Å². The molecule has 0 fully saturated rings. The lowest BCUT2D eigenvalue weighted by atomic mass is 10.4. The fourth-order valence-corrected chi connectivity index (χ4v) is 1.49. The minimum atomic E-state index is -0.0500. The summed E-state index contributed by atoms with van der Waals surface area (Å²) in [5.41, 5.74) is 2.16. The largest absolute Gasteiger partial charge is 0.380 e. The van der Waals surface area contributed by atoms with Crippen molar-refractivity contribution < 1.29 is 9.53 Å². The normalized spacial score (nSPS) is 10.1. The molecular weight excluding hydrogens is 200 g/mol. The van der Waals surface area contributed by atoms with E-state index in [0.29, 0.717) is 25.5 Å². The fraction of sp³-hybridized carbons (Fsp3) is 0.556. The number of aromatic nitrogens is 1. The Labute approximate surface area is 87.5 Å². The van der Waals surface area contributed by atoms with Crippen LogP contribution in [0.1, 0.15) is 17.4 Å². The summed E-state index contributed by atoms with van der Waals surface area (Å²) in [5, 5.41) is 1.75. The van der Waals surface area contributed by atoms with Crippen LogP contribution >= 0.6 is 11.3 Å². The van der Waals surface area contributed by atoms with Gasteiger partial charge in [0.15, 0.2) is 0 Å². The van der Waals surface area contributed by atoms with Crippen LogP contribution in [-0.4, -0.2) is 42.6 Å². The van der Waals surface area contributed by atoms with Crippen molar-refractivity contribution in [3.8, 4) is 0 Å². The van der Waals surface area contributed by atoms with Crippen molar-refractivity contribution in [2.75, 3.05) is 26.8 Å². The van der Waals surface area contributed by atoms with E-state index in [0.717, 1.165) is 0 Å². The summed E-state index contributed by atoms with van der Waals surface area (Å²) >= 11 is 1.42. The van der Waals surface area contributed by atoms with Crippen molar-refractivity contribution in [1.29, 1.82) is 0 Å². The molecule has 0 spiro atoms. The van der Waals surface area contributed by atoms with Gasteiger partial charge in [0.2, 0.25) is 0 Å². The van der Waals surface area contributed by atoms with Gasteiger partial charge < -0.3 is 9.64 Å². The highest BCUT2D eigenvalue weighted by molar-refractivity contribution is 7.07. The van der Waals surface area contributed by atoms with Gasteiger partial charge in [-0.3, -0.25) is 4.79 Å². The molecule has 78 valence electrons. The average Bonchev–Trinajstić information content (AvgIpc) is 2.69. The van der Waals surface area contributed by atoms with Crippen LogP contribution in [0.25, 0.3) is 0 Å². The number of rotatable bonds is 5. The maximum atomic E-state index is 11.6. The minimum Gasteiger partial charge on any atom is -0.380 e. The van der Waals surface area contributed by atoms with Crippen LogP contribution in [0.5, 0.6) is 0 Å². The van der Waals surface area contributed by atoms with Gasteiger partial charge >= 0.3 is 0 Å². The second-order valence-corrected chi connectivity index (χ2v) is 3.52. The lowest BCUT2D eigenvalue weighted by Gasteiger charge is -2.15. The maximum absolute atomic E-state index is 11.6. The quantitative estimate of drug-likeness (QED) is 0.693. The zero-order chi connectivity index (χ0) is 10.4. The van der Waals surface area contributed by atoms with Crippen molar-refractivity contribution in [3.63, 3.8) is 0 Å². The van der Waals surface area contributed by atoms with Gasteiger partial charge in [0.1, 0.15) is 5.69 Å². The van der Waals surface area contributed by atoms with E-state index < -0.39 is 0 Å². The molecule has 0 bridgehead atoms. The van der Waals surface area contributed by atoms with Gasteiger partial charge in [-0.2, -0.15) is 0 Å². The summed E-state index contributed by atoms with van der Waals surface area (Å²) in [6.07, 6.45) is 0. The van der Waals surface area contributed by atoms with E-state index >= 15 is 0 Å². The Hall–Kier alpha value is -0.940. The Kier molecular flexibility index (Phi) is 4.55. The number of thiazole rings is 1. The molecular formula is C9H14N2O2S. The zero-order valence-corrected chi connectivity index (χ0v) is 9.21. The SMILES string of the molecule is CCOCCN(C)C(=O)c1cscn1. The number of hydrogen-bond acceptors (Lipinski definition) is 4. The van der Waals surface area contributed by atoms with Crippen LogP contribution < -0.4 is 0 Å². The van der Waals surface area contributed by atoms with Gasteiger partial charge in [-0.1, -0.05) is 0 Å². The number of hydrogen-bond donors (Lipinski definition) is 0. The van der Waals surface area contributed by atoms with Gasteiger partial charge in [-0.25, -0.2) is 4.98 Å². The van der Waals surface area contributed by atoms with E-state index in [-0.39, 0.29) is 5.91 Å². The first-order chi connectivity index (χ1) is 6.75. The average molecular weight is 214 g/mol. The minimum absolute atomic E-state index is 0.0500. The second kappa shape index (κ2) is 5.72. The summed E-state index contributed by atoms with van der Waals surface area (Å²) in [6.45, 7) is 3.79. The molecule has 0 saturated carbocycles. The lowest BCUT2D eigenvalue weighted by Crippen LogP contribution is -2.30. The summed E-state index contributed by atoms with van der Waals surface area (Å²) < 4.78 is 5.16. The monoisotopic (exact) mass is 214 g/mol. The van der Waals surface area contributed by atoms with Crippen LogP contribution in [0, 0.1) is 0 Å². The zero-order valence-electron chi connectivity index (χ0n) is 8.40. The Morgan fingerprint density at radius 1 is 1.71 bits per heavy atom. The van der Waals surface area contributed by atoms with Crippen molar-refractivity contribution in [3.05, 3.63) is 16.6 Å². The Morgan fingerprint density at radius 3 is 3.07 bits per heavy atom. The second-order valence-electron chi connectivity index (χ2n) is 2.80. The first kappa shape index (κ1) is 11.1. The van der Waals surface area contributed by atoms with Gasteiger partial charge in [-0.15, -0.1) is 11.3 Å². The molecule has 0 aliphatic rings. The van der Waals surface area contributed by atoms with Crippen LogP contribution in [0.4, 0.5) is 0 Å². The molecule has 0 radical (unpaired) electrons. The third-order valence-corrected chi connectivity index (χ3v) is 2.36. The third kappa shape index (κ3) is 3.08. The van der Waals surface area contributed by atoms with E-state index in [9.17, 15) is 4.79 Å². The summed E-state index contributed by atoms with van der Waals surface area (Å²) in [7, 11) is 1.75. The van der Waals surface area contributed by atoms with E-state index in [2.05, 4.69) is 4.98 Å². The number of likely N-dealkylation sites (N-methyl/N-ethyl adjacent to an activating group) is 1. The van der Waals surface area contributed by atoms with Crippen LogP contribution in [0.15, 0.2) is 10.9 Å². The molecule has 0 aliphatic carbocycles. The van der Waals surface area contributed by atoms with Crippen molar-refractivity contribution in [2.45, 2.75) is 6.92 Å². The van der Waals surface area contributed by atoms with Gasteiger partial charge in [0.05, 0.1) is 12.1 Å². The van der Waals surface area contributed by atoms with Gasteiger partial charge in [0, 0.05) is 25.6 Å². The number of nitrogens with zero attached hydrogens (tertiary/aromatic N) is 2. The van der Waals surface area contributed by atoms with E-state index in [1.807, 2.05) is 6.92 Å². The highest BCUT2D eigenvalue weighted by Crippen LogP contribution is 2.03. The number of carbonyl (C=O) groups excluding carboxylic acids is 1. The van der Waals surface area contributed by atoms with Crippen molar-refractivity contribution in [2.24, 2.45) is 0 Å². The predicted molar refractivity (Wildman–Crippen MR) is 55.6 cm³/mol. The first-order valence-corrected chi connectivity index (χ1v) is 5.41. The van der Waals surface area contributed by atoms with Gasteiger partial charge in [0.25, 0.3) is 5.91 Å². The maximum Gasteiger partial charge on any atom is 0.273 e. The topological polar surface area (TPSA) is 42.4 Å². The molecule has 0 atom stereocenters. The van der Waals surface area contributed by atoms with E-state index in [1.165, 1.54) is 11.3 Å². The molecule has 1 aromatic rings. The highest BCUT2D eigenvalue weighted by atomic mass is 32.1. The summed E-state index contributed by atoms with van der Waals surface area (Å²) in [4.78, 5) is 17.2. The summed E-state index contributed by atoms with van der Waals surface area (Å²) in [6, 6.07) is 0. The molecule has 1 amide bonds. The smallest absolute Gasteiger partial charge is 0.273 e. The van der Waals surface area contributed by atoms with Gasteiger partial charge in [-0.05, 0) is 6.92 Å². The molecule has 14 heavy (non-hydrogen) atoms. The number of ether oxygens (including phenoxy) is 1. The van der Waals surface area contributed by atoms with E-state index in [1.54, 1.807) is 22.8 Å². The van der Waals surface area contributed by atoms with Crippen LogP contribution in [0.2, 0.25) is 0 Å². The highest BCUT2D eigenvalue weighted by Gasteiger charge is 2.12.